The summed E-state index contributed by atoms with van der Waals surface area (Å²) in [6.45, 7) is 3.36. The fourth-order valence-electron chi connectivity index (χ4n) is 7.37. The second-order valence-corrected chi connectivity index (χ2v) is 17.2. The number of ether oxygens (including phenoxy) is 3. The zero-order valence-electron chi connectivity index (χ0n) is 35.9. The van der Waals surface area contributed by atoms with Crippen LogP contribution in [-0.4, -0.2) is 41.3 Å². The highest BCUT2D eigenvalue weighted by Gasteiger charge is 2.72. The molecule has 21 heteroatoms. The van der Waals surface area contributed by atoms with E-state index in [2.05, 4.69) is 14.4 Å². The molecule has 0 aliphatic carbocycles. The summed E-state index contributed by atoms with van der Waals surface area (Å²) in [5.74, 6) is -1.08. The van der Waals surface area contributed by atoms with Crippen molar-refractivity contribution in [2.24, 2.45) is 0 Å². The van der Waals surface area contributed by atoms with Crippen molar-refractivity contribution < 1.29 is 72.9 Å². The number of aromatic nitrogens is 1. The van der Waals surface area contributed by atoms with E-state index in [1.54, 1.807) is 44.2 Å². The van der Waals surface area contributed by atoms with E-state index in [-0.39, 0.29) is 72.9 Å². The number of nitriles is 2. The van der Waals surface area contributed by atoms with Gasteiger partial charge in [-0.25, -0.2) is 10.2 Å². The van der Waals surface area contributed by atoms with Crippen molar-refractivity contribution in [3.05, 3.63) is 184 Å². The molecule has 0 unspecified atom stereocenters. The first kappa shape index (κ1) is 50.1. The van der Waals surface area contributed by atoms with Gasteiger partial charge in [0.1, 0.15) is 56.2 Å². The summed E-state index contributed by atoms with van der Waals surface area (Å²) in [5, 5.41) is 32.1. The van der Waals surface area contributed by atoms with Crippen molar-refractivity contribution in [1.82, 2.24) is 4.98 Å². The predicted molar refractivity (Wildman–Crippen MR) is 238 cm³/mol. The van der Waals surface area contributed by atoms with Gasteiger partial charge < -0.3 is 14.2 Å². The summed E-state index contributed by atoms with van der Waals surface area (Å²) in [5.41, 5.74) is -4.92. The van der Waals surface area contributed by atoms with Crippen LogP contribution >= 0.6 is 12.0 Å². The Morgan fingerprint density at radius 2 is 1.20 bits per heavy atom. The fourth-order valence-corrected chi connectivity index (χ4v) is 8.34. The predicted octanol–water partition coefficient (Wildman–Crippen LogP) is 12.8. The van der Waals surface area contributed by atoms with E-state index in [9.17, 15) is 28.3 Å². The smallest absolute Gasteiger partial charge is 0.411 e. The molecule has 70 heavy (non-hydrogen) atoms. The Balaban J connectivity index is 1.17. The van der Waals surface area contributed by atoms with Crippen LogP contribution < -0.4 is 14.2 Å². The first-order valence-electron chi connectivity index (χ1n) is 20.0. The number of hydrogen-bond acceptors (Lipinski definition) is 13. The Kier molecular flexibility index (Phi) is 14.4. The highest BCUT2D eigenvalue weighted by atomic mass is 32.2. The van der Waals surface area contributed by atoms with Crippen LogP contribution in [0.25, 0.3) is 11.1 Å². The van der Waals surface area contributed by atoms with Gasteiger partial charge in [-0.2, -0.15) is 45.3 Å². The highest BCUT2D eigenvalue weighted by molar-refractivity contribution is 7.94. The number of aryl methyl sites for hydroxylation is 2. The van der Waals surface area contributed by atoms with Gasteiger partial charge in [0, 0.05) is 16.7 Å². The third-order valence-electron chi connectivity index (χ3n) is 10.7. The molecule has 0 fully saturated rings. The summed E-state index contributed by atoms with van der Waals surface area (Å²) in [4.78, 5) is 17.3. The van der Waals surface area contributed by atoms with Gasteiger partial charge in [0.25, 0.3) is 10.1 Å². The lowest BCUT2D eigenvalue weighted by molar-refractivity contribution is -0.432. The van der Waals surface area contributed by atoms with Crippen molar-refractivity contribution >= 4 is 27.9 Å². The normalized spacial score (nSPS) is 11.9. The first-order chi connectivity index (χ1) is 33.2. The van der Waals surface area contributed by atoms with E-state index < -0.39 is 49.7 Å². The SMILES string of the molecule is Cc1ccc(-c2cccc(Oc3ccc(C(c4ccc(Oc5cccc(C)c5C#N)cc4)(C(F)(F)F)C(F)(F)F)cc3)c2C#N)c(C(=O)c2ccc(Oc3ncc(S(=O)(=O)O)cc3SOOO)cc2)c1. The molecule has 0 spiro atoms. The number of benzene rings is 6. The number of halogens is 6. The second-order valence-electron chi connectivity index (χ2n) is 15.0. The number of hydrogen-bond donors (Lipinski definition) is 2. The lowest BCUT2D eigenvalue weighted by Crippen LogP contribution is -2.54. The van der Waals surface area contributed by atoms with Gasteiger partial charge >= 0.3 is 12.4 Å². The molecule has 0 saturated heterocycles. The Bertz CT molecular complexity index is 3290. The average molecular weight is 1000 g/mol. The number of nitrogens with zero attached hydrogens (tertiary/aromatic N) is 3. The van der Waals surface area contributed by atoms with Gasteiger partial charge in [-0.15, -0.1) is 4.33 Å². The number of carbonyl (C=O) groups is 1. The summed E-state index contributed by atoms with van der Waals surface area (Å²) in [6.07, 6.45) is -11.0. The van der Waals surface area contributed by atoms with Crippen molar-refractivity contribution in [3.8, 4) is 57.9 Å². The van der Waals surface area contributed by atoms with E-state index in [1.807, 2.05) is 12.1 Å². The van der Waals surface area contributed by atoms with Crippen LogP contribution in [0.4, 0.5) is 26.3 Å². The third-order valence-corrected chi connectivity index (χ3v) is 12.1. The van der Waals surface area contributed by atoms with Gasteiger partial charge in [0.2, 0.25) is 11.3 Å². The average Bonchev–Trinajstić information content (AvgIpc) is 3.31. The lowest BCUT2D eigenvalue weighted by Gasteiger charge is -2.38. The standard InChI is InChI=1S/C49H31F6N3O10S2/c1-28-9-22-38(39(23-28)45(59)30-10-16-35(17-11-30)66-46-44(69-68-67-60)24-36(27-58-46)70(61,62)63)37-6-4-8-43(41(37)26-57)65-34-20-14-32(15-21-34)47(48(50,51)52,49(53,54)55)31-12-18-33(19-13-31)64-42-7-3-5-29(2)40(42)25-56/h3-24,27,60H,1-2H3,(H,61,62,63). The molecule has 0 amide bonds. The Morgan fingerprint density at radius 1 is 0.671 bits per heavy atom. The van der Waals surface area contributed by atoms with Crippen LogP contribution in [0, 0.1) is 36.5 Å². The van der Waals surface area contributed by atoms with E-state index >= 15 is 26.3 Å². The zero-order valence-corrected chi connectivity index (χ0v) is 37.5. The summed E-state index contributed by atoms with van der Waals surface area (Å²) in [7, 11) is -4.68. The molecule has 2 N–H and O–H groups in total. The summed E-state index contributed by atoms with van der Waals surface area (Å²) in [6, 6.07) is 30.6. The second kappa shape index (κ2) is 20.1. The molecule has 0 atom stereocenters. The number of pyridine rings is 1. The Labute approximate surface area is 398 Å². The molecule has 0 bridgehead atoms. The molecule has 356 valence electrons. The Morgan fingerprint density at radius 3 is 1.73 bits per heavy atom. The number of ketones is 1. The molecule has 0 aliphatic rings. The molecule has 1 heterocycles. The summed E-state index contributed by atoms with van der Waals surface area (Å²) >= 11 is 0.305. The van der Waals surface area contributed by atoms with Crippen LogP contribution in [0.5, 0.6) is 34.6 Å². The number of rotatable bonds is 15. The van der Waals surface area contributed by atoms with Crippen LogP contribution in [0.1, 0.15) is 49.3 Å². The maximum absolute atomic E-state index is 15.1. The van der Waals surface area contributed by atoms with Crippen LogP contribution in [0.2, 0.25) is 0 Å². The van der Waals surface area contributed by atoms with Crippen molar-refractivity contribution in [3.63, 3.8) is 0 Å². The fraction of sp³-hybridized carbons (Fsp3) is 0.102. The molecule has 13 nitrogen and oxygen atoms in total. The van der Waals surface area contributed by atoms with Crippen molar-refractivity contribution in [1.29, 1.82) is 10.5 Å². The maximum atomic E-state index is 15.1. The van der Waals surface area contributed by atoms with Gasteiger partial charge in [-0.05, 0) is 109 Å². The van der Waals surface area contributed by atoms with E-state index in [1.165, 1.54) is 48.5 Å². The van der Waals surface area contributed by atoms with Gasteiger partial charge in [-0.3, -0.25) is 9.35 Å². The quantitative estimate of drug-likeness (QED) is 0.0245. The Hall–Kier alpha value is -7.76. The zero-order chi connectivity index (χ0) is 50.6. The summed E-state index contributed by atoms with van der Waals surface area (Å²) < 4.78 is 145. The van der Waals surface area contributed by atoms with Crippen LogP contribution in [0.3, 0.4) is 0 Å². The van der Waals surface area contributed by atoms with Crippen molar-refractivity contribution in [2.75, 3.05) is 0 Å². The van der Waals surface area contributed by atoms with Gasteiger partial charge in [0.05, 0.1) is 23.8 Å². The highest BCUT2D eigenvalue weighted by Crippen LogP contribution is 2.56. The molecular formula is C49H31F6N3O10S2. The maximum Gasteiger partial charge on any atom is 0.411 e. The van der Waals surface area contributed by atoms with Crippen LogP contribution in [-0.2, 0) is 24.9 Å². The minimum absolute atomic E-state index is 0.0585. The van der Waals surface area contributed by atoms with E-state index in [4.69, 9.17) is 19.5 Å². The molecule has 0 saturated carbocycles. The minimum atomic E-state index is -5.92. The first-order valence-corrected chi connectivity index (χ1v) is 22.2. The molecule has 6 aromatic carbocycles. The lowest BCUT2D eigenvalue weighted by atomic mass is 9.73. The molecule has 1 aromatic heterocycles. The number of carbonyl (C=O) groups excluding carboxylic acids is 1. The minimum Gasteiger partial charge on any atom is -0.456 e. The van der Waals surface area contributed by atoms with Gasteiger partial charge in [0.15, 0.2) is 5.78 Å². The molecule has 7 rings (SSSR count). The van der Waals surface area contributed by atoms with Crippen LogP contribution in [0.15, 0.2) is 149 Å². The number of alkyl halides is 6. The van der Waals surface area contributed by atoms with E-state index in [0.717, 1.165) is 36.5 Å². The topological polar surface area (TPSA) is 198 Å². The third kappa shape index (κ3) is 10.2. The molecule has 7 aromatic rings. The van der Waals surface area contributed by atoms with Gasteiger partial charge in [-0.1, -0.05) is 71.3 Å². The van der Waals surface area contributed by atoms with Crippen molar-refractivity contribution in [2.45, 2.75) is 41.4 Å². The van der Waals surface area contributed by atoms with E-state index in [0.29, 0.717) is 47.4 Å². The molecule has 0 radical (unpaired) electrons. The molecular weight excluding hydrogens is 969 g/mol. The molecule has 0 aliphatic heterocycles. The monoisotopic (exact) mass is 999 g/mol. The largest absolute Gasteiger partial charge is 0.456 e.